The van der Waals surface area contributed by atoms with Crippen LogP contribution < -0.4 is 4.90 Å². The molecule has 7 nitrogen and oxygen atoms in total. The Bertz CT molecular complexity index is 1640. The van der Waals surface area contributed by atoms with Crippen molar-refractivity contribution in [2.75, 3.05) is 11.4 Å². The number of rotatable bonds is 7. The smallest absolute Gasteiger partial charge is 0.243 e. The highest BCUT2D eigenvalue weighted by atomic mass is 32.2. The zero-order valence-electron chi connectivity index (χ0n) is 20.9. The first kappa shape index (κ1) is 24.3. The maximum atomic E-state index is 14.1. The van der Waals surface area contributed by atoms with Crippen LogP contribution in [-0.2, 0) is 29.5 Å². The number of para-hydroxylation sites is 1. The summed E-state index contributed by atoms with van der Waals surface area (Å²) in [5.41, 5.74) is 4.93. The first-order chi connectivity index (χ1) is 18.6. The first-order valence-electron chi connectivity index (χ1n) is 12.8. The largest absolute Gasteiger partial charge is 0.361 e. The highest BCUT2D eigenvalue weighted by Gasteiger charge is 2.34. The monoisotopic (exact) mass is 523 g/mol. The molecule has 3 heterocycles. The van der Waals surface area contributed by atoms with Gasteiger partial charge in [-0.15, -0.1) is 0 Å². The number of aryl methyl sites for hydroxylation is 1. The lowest BCUT2D eigenvalue weighted by Crippen LogP contribution is -2.43. The molecule has 1 N–H and O–H groups in total. The number of nitrogens with zero attached hydrogens (tertiary/aromatic N) is 4. The van der Waals surface area contributed by atoms with Crippen molar-refractivity contribution in [1.29, 1.82) is 0 Å². The van der Waals surface area contributed by atoms with Gasteiger partial charge in [0, 0.05) is 42.6 Å². The van der Waals surface area contributed by atoms with Gasteiger partial charge >= 0.3 is 0 Å². The van der Waals surface area contributed by atoms with Gasteiger partial charge in [0.2, 0.25) is 10.0 Å². The molecule has 5 aromatic rings. The summed E-state index contributed by atoms with van der Waals surface area (Å²) >= 11 is 0. The van der Waals surface area contributed by atoms with Gasteiger partial charge in [-0.3, -0.25) is 4.98 Å². The van der Waals surface area contributed by atoms with Crippen molar-refractivity contribution in [2.24, 2.45) is 0 Å². The van der Waals surface area contributed by atoms with E-state index in [2.05, 4.69) is 38.1 Å². The van der Waals surface area contributed by atoms with Gasteiger partial charge in [0.15, 0.2) is 0 Å². The Kier molecular flexibility index (Phi) is 6.66. The second-order valence-corrected chi connectivity index (χ2v) is 11.6. The van der Waals surface area contributed by atoms with Crippen molar-refractivity contribution in [3.05, 3.63) is 120 Å². The summed E-state index contributed by atoms with van der Waals surface area (Å²) in [6, 6.07) is 27.4. The molecule has 1 aliphatic heterocycles. The third-order valence-electron chi connectivity index (χ3n) is 7.22. The Balaban J connectivity index is 1.40. The van der Waals surface area contributed by atoms with Gasteiger partial charge in [0.25, 0.3) is 0 Å². The van der Waals surface area contributed by atoms with E-state index < -0.39 is 10.0 Å². The minimum Gasteiger partial charge on any atom is -0.361 e. The molecule has 0 saturated heterocycles. The molecule has 0 radical (unpaired) electrons. The summed E-state index contributed by atoms with van der Waals surface area (Å²) in [6.45, 7) is 1.29. The lowest BCUT2D eigenvalue weighted by Gasteiger charge is -2.34. The van der Waals surface area contributed by atoms with Crippen LogP contribution >= 0.6 is 0 Å². The molecule has 0 bridgehead atoms. The highest BCUT2D eigenvalue weighted by Crippen LogP contribution is 2.33. The molecule has 38 heavy (non-hydrogen) atoms. The molecule has 3 aromatic carbocycles. The zero-order valence-corrected chi connectivity index (χ0v) is 21.8. The van der Waals surface area contributed by atoms with Crippen LogP contribution in [0.1, 0.15) is 23.2 Å². The predicted octanol–water partition coefficient (Wildman–Crippen LogP) is 5.17. The maximum absolute atomic E-state index is 14.1. The number of nitrogens with one attached hydrogen (secondary N) is 1. The number of aromatic amines is 1. The number of fused-ring (bicyclic) bond motifs is 2. The van der Waals surface area contributed by atoms with Gasteiger partial charge in [0.05, 0.1) is 29.0 Å². The number of H-pyrrole nitrogens is 1. The van der Waals surface area contributed by atoms with E-state index in [0.29, 0.717) is 25.2 Å². The minimum atomic E-state index is -3.77. The van der Waals surface area contributed by atoms with Crippen molar-refractivity contribution in [2.45, 2.75) is 36.9 Å². The number of sulfonamides is 1. The fraction of sp³-hybridized carbons (Fsp3) is 0.200. The fourth-order valence-corrected chi connectivity index (χ4v) is 6.72. The lowest BCUT2D eigenvalue weighted by molar-refractivity contribution is 0.370. The van der Waals surface area contributed by atoms with E-state index in [1.807, 2.05) is 60.8 Å². The number of hydrogen-bond acceptors (Lipinski definition) is 5. The first-order valence-corrected chi connectivity index (χ1v) is 14.2. The van der Waals surface area contributed by atoms with Gasteiger partial charge in [-0.2, -0.15) is 4.31 Å². The van der Waals surface area contributed by atoms with E-state index in [1.165, 1.54) is 5.56 Å². The fourth-order valence-electron chi connectivity index (χ4n) is 5.24. The van der Waals surface area contributed by atoms with Crippen LogP contribution in [0.4, 0.5) is 5.69 Å². The molecule has 1 unspecified atom stereocenters. The summed E-state index contributed by atoms with van der Waals surface area (Å²) in [5, 5.41) is 0.916. The molecule has 0 fully saturated rings. The van der Waals surface area contributed by atoms with Crippen molar-refractivity contribution in [3.63, 3.8) is 0 Å². The van der Waals surface area contributed by atoms with Crippen molar-refractivity contribution < 1.29 is 8.42 Å². The predicted molar refractivity (Wildman–Crippen MR) is 149 cm³/mol. The third-order valence-corrected chi connectivity index (χ3v) is 9.03. The van der Waals surface area contributed by atoms with Crippen LogP contribution in [0.25, 0.3) is 10.9 Å². The van der Waals surface area contributed by atoms with Gasteiger partial charge in [-0.1, -0.05) is 60.7 Å². The topological polar surface area (TPSA) is 82.2 Å². The number of hydrogen-bond donors (Lipinski definition) is 1. The lowest BCUT2D eigenvalue weighted by atomic mass is 10.0. The van der Waals surface area contributed by atoms with E-state index in [0.717, 1.165) is 35.2 Å². The quantitative estimate of drug-likeness (QED) is 0.318. The Morgan fingerprint density at radius 2 is 1.79 bits per heavy atom. The van der Waals surface area contributed by atoms with Crippen LogP contribution in [0.2, 0.25) is 0 Å². The van der Waals surface area contributed by atoms with Gasteiger partial charge < -0.3 is 9.88 Å². The third kappa shape index (κ3) is 4.92. The molecule has 6 rings (SSSR count). The maximum Gasteiger partial charge on any atom is 0.243 e. The number of benzene rings is 3. The molecular formula is C30H29N5O2S. The molecular weight excluding hydrogens is 494 g/mol. The van der Waals surface area contributed by atoms with Gasteiger partial charge in [-0.05, 0) is 48.2 Å². The Morgan fingerprint density at radius 3 is 2.63 bits per heavy atom. The highest BCUT2D eigenvalue weighted by molar-refractivity contribution is 7.89. The van der Waals surface area contributed by atoms with Crippen LogP contribution in [0, 0.1) is 0 Å². The summed E-state index contributed by atoms with van der Waals surface area (Å²) in [6.07, 6.45) is 6.85. The van der Waals surface area contributed by atoms with E-state index >= 15 is 0 Å². The number of pyridine rings is 1. The van der Waals surface area contributed by atoms with E-state index in [9.17, 15) is 8.42 Å². The molecule has 1 atom stereocenters. The summed E-state index contributed by atoms with van der Waals surface area (Å²) in [7, 11) is -3.77. The SMILES string of the molecule is O=S(=O)(c1ccc2cccnc2c1)N1Cc2ccccc2N(Cc2cnc[nH]2)C(CCc2ccccc2)C1. The van der Waals surface area contributed by atoms with Crippen LogP contribution in [-0.4, -0.2) is 40.3 Å². The Labute approximate surface area is 222 Å². The molecule has 0 amide bonds. The number of imidazole rings is 1. The van der Waals surface area contributed by atoms with Crippen molar-refractivity contribution in [3.8, 4) is 0 Å². The number of anilines is 1. The molecule has 192 valence electrons. The average Bonchev–Trinajstić information content (AvgIpc) is 3.41. The summed E-state index contributed by atoms with van der Waals surface area (Å²) in [4.78, 5) is 14.4. The standard InChI is InChI=1S/C30H29N5O2S/c36-38(37,28-15-13-24-10-6-16-32-29(24)17-28)34-19-25-9-4-5-11-30(25)35(20-26-18-31-22-33-26)27(21-34)14-12-23-7-2-1-3-8-23/h1-11,13,15-18,22,27H,12,14,19-21H2,(H,31,33). The molecule has 1 aliphatic rings. The Morgan fingerprint density at radius 1 is 0.947 bits per heavy atom. The normalized spacial score (nSPS) is 16.3. The molecule has 0 spiro atoms. The van der Waals surface area contributed by atoms with Crippen LogP contribution in [0.5, 0.6) is 0 Å². The van der Waals surface area contributed by atoms with Gasteiger partial charge in [0.1, 0.15) is 0 Å². The minimum absolute atomic E-state index is 0.0458. The van der Waals surface area contributed by atoms with Crippen molar-refractivity contribution >= 4 is 26.6 Å². The molecule has 0 saturated carbocycles. The zero-order chi connectivity index (χ0) is 26.0. The second kappa shape index (κ2) is 10.4. The van der Waals surface area contributed by atoms with Crippen molar-refractivity contribution in [1.82, 2.24) is 19.3 Å². The summed E-state index contributed by atoms with van der Waals surface area (Å²) in [5.74, 6) is 0. The second-order valence-electron chi connectivity index (χ2n) is 9.67. The molecule has 8 heteroatoms. The number of aromatic nitrogens is 3. The Hall–Kier alpha value is -4.01. The van der Waals surface area contributed by atoms with Gasteiger partial charge in [-0.25, -0.2) is 13.4 Å². The van der Waals surface area contributed by atoms with Crippen LogP contribution in [0.15, 0.2) is 109 Å². The molecule has 2 aromatic heterocycles. The van der Waals surface area contributed by atoms with E-state index in [-0.39, 0.29) is 10.9 Å². The van der Waals surface area contributed by atoms with E-state index in [1.54, 1.807) is 29.0 Å². The molecule has 0 aliphatic carbocycles. The van der Waals surface area contributed by atoms with Crippen LogP contribution in [0.3, 0.4) is 0 Å². The summed E-state index contributed by atoms with van der Waals surface area (Å²) < 4.78 is 29.8. The average molecular weight is 524 g/mol. The van der Waals surface area contributed by atoms with E-state index in [4.69, 9.17) is 0 Å².